The third-order valence-electron chi connectivity index (χ3n) is 2.77. The van der Waals surface area contributed by atoms with Crippen LogP contribution < -0.4 is 5.32 Å². The van der Waals surface area contributed by atoms with Crippen LogP contribution in [-0.2, 0) is 6.54 Å². The van der Waals surface area contributed by atoms with E-state index < -0.39 is 0 Å². The fourth-order valence-electron chi connectivity index (χ4n) is 1.86. The van der Waals surface area contributed by atoms with Crippen LogP contribution in [0.15, 0.2) is 29.2 Å². The molecule has 1 aliphatic rings. The minimum atomic E-state index is 0. The number of piperazine rings is 1. The molecule has 1 heterocycles. The quantitative estimate of drug-likeness (QED) is 0.863. The van der Waals surface area contributed by atoms with Crippen LogP contribution in [0.2, 0.25) is 0 Å². The molecule has 2 rings (SSSR count). The zero-order chi connectivity index (χ0) is 10.5. The lowest BCUT2D eigenvalue weighted by Gasteiger charge is -2.27. The van der Waals surface area contributed by atoms with Gasteiger partial charge in [0, 0.05) is 37.6 Å². The Hall–Kier alpha value is 0.0700. The van der Waals surface area contributed by atoms with Gasteiger partial charge < -0.3 is 5.32 Å². The Balaban J connectivity index is 0.00000128. The van der Waals surface area contributed by atoms with Crippen LogP contribution in [0.4, 0.5) is 0 Å². The zero-order valence-corrected chi connectivity index (χ0v) is 12.5. The van der Waals surface area contributed by atoms with Crippen LogP contribution in [0.25, 0.3) is 0 Å². The standard InChI is InChI=1S/C12H18N2S.2ClH/c1-15-12-4-2-11(3-5-12)10-14-8-6-13-7-9-14;;/h2-5,13H,6-10H2,1H3;2*1H. The second kappa shape index (κ2) is 9.06. The van der Waals surface area contributed by atoms with Gasteiger partial charge in [-0.3, -0.25) is 4.90 Å². The Kier molecular flexibility index (Phi) is 9.10. The van der Waals surface area contributed by atoms with Gasteiger partial charge in [0.05, 0.1) is 0 Å². The molecule has 1 saturated heterocycles. The molecule has 0 atom stereocenters. The molecule has 0 amide bonds. The summed E-state index contributed by atoms with van der Waals surface area (Å²) in [5.41, 5.74) is 1.43. The number of hydrogen-bond donors (Lipinski definition) is 1. The van der Waals surface area contributed by atoms with E-state index in [1.807, 2.05) is 0 Å². The fourth-order valence-corrected chi connectivity index (χ4v) is 2.27. The molecule has 1 fully saturated rings. The lowest BCUT2D eigenvalue weighted by Crippen LogP contribution is -2.42. The summed E-state index contributed by atoms with van der Waals surface area (Å²) in [6.45, 7) is 5.69. The van der Waals surface area contributed by atoms with Crippen LogP contribution in [0.5, 0.6) is 0 Å². The van der Waals surface area contributed by atoms with Gasteiger partial charge in [-0.1, -0.05) is 12.1 Å². The third kappa shape index (κ3) is 5.49. The number of benzene rings is 1. The fraction of sp³-hybridized carbons (Fsp3) is 0.500. The summed E-state index contributed by atoms with van der Waals surface area (Å²) in [7, 11) is 0. The molecule has 0 aliphatic carbocycles. The molecule has 1 aromatic rings. The summed E-state index contributed by atoms with van der Waals surface area (Å²) in [5, 5.41) is 3.37. The van der Waals surface area contributed by atoms with Crippen molar-refractivity contribution in [1.29, 1.82) is 0 Å². The highest BCUT2D eigenvalue weighted by atomic mass is 35.5. The van der Waals surface area contributed by atoms with Gasteiger partial charge in [-0.15, -0.1) is 36.6 Å². The first-order valence-corrected chi connectivity index (χ1v) is 6.67. The lowest BCUT2D eigenvalue weighted by atomic mass is 10.2. The van der Waals surface area contributed by atoms with Crippen LogP contribution in [0, 0.1) is 0 Å². The van der Waals surface area contributed by atoms with E-state index >= 15 is 0 Å². The first-order valence-electron chi connectivity index (χ1n) is 5.44. The van der Waals surface area contributed by atoms with Gasteiger partial charge in [-0.25, -0.2) is 0 Å². The van der Waals surface area contributed by atoms with Gasteiger partial charge in [0.2, 0.25) is 0 Å². The Bertz CT molecular complexity index is 300. The highest BCUT2D eigenvalue weighted by Gasteiger charge is 2.09. The summed E-state index contributed by atoms with van der Waals surface area (Å²) < 4.78 is 0. The minimum absolute atomic E-state index is 0. The monoisotopic (exact) mass is 294 g/mol. The Labute approximate surface area is 120 Å². The second-order valence-electron chi connectivity index (χ2n) is 3.87. The largest absolute Gasteiger partial charge is 0.314 e. The first kappa shape index (κ1) is 17.1. The van der Waals surface area contributed by atoms with Crippen molar-refractivity contribution in [3.05, 3.63) is 29.8 Å². The van der Waals surface area contributed by atoms with Crippen molar-refractivity contribution in [2.75, 3.05) is 32.4 Å². The van der Waals surface area contributed by atoms with Gasteiger partial charge >= 0.3 is 0 Å². The van der Waals surface area contributed by atoms with Crippen molar-refractivity contribution in [2.45, 2.75) is 11.4 Å². The van der Waals surface area contributed by atoms with Crippen molar-refractivity contribution in [3.8, 4) is 0 Å². The molecular formula is C12H20Cl2N2S. The maximum atomic E-state index is 3.37. The number of thioether (sulfide) groups is 1. The van der Waals surface area contributed by atoms with Crippen LogP contribution in [0.1, 0.15) is 5.56 Å². The van der Waals surface area contributed by atoms with Crippen molar-refractivity contribution in [2.24, 2.45) is 0 Å². The van der Waals surface area contributed by atoms with Gasteiger partial charge in [0.25, 0.3) is 0 Å². The van der Waals surface area contributed by atoms with E-state index in [1.54, 1.807) is 11.8 Å². The van der Waals surface area contributed by atoms with Crippen LogP contribution >= 0.6 is 36.6 Å². The summed E-state index contributed by atoms with van der Waals surface area (Å²) in [6.07, 6.45) is 2.12. The maximum absolute atomic E-state index is 3.37. The third-order valence-corrected chi connectivity index (χ3v) is 3.52. The number of nitrogens with zero attached hydrogens (tertiary/aromatic N) is 1. The Morgan fingerprint density at radius 3 is 2.24 bits per heavy atom. The molecule has 1 aromatic carbocycles. The highest BCUT2D eigenvalue weighted by Crippen LogP contribution is 2.15. The SMILES string of the molecule is CSc1ccc(CN2CCNCC2)cc1.Cl.Cl. The van der Waals surface area contributed by atoms with Gasteiger partial charge in [-0.05, 0) is 24.0 Å². The molecular weight excluding hydrogens is 275 g/mol. The normalized spacial score (nSPS) is 15.8. The summed E-state index contributed by atoms with van der Waals surface area (Å²) in [5.74, 6) is 0. The predicted octanol–water partition coefficient (Wildman–Crippen LogP) is 2.66. The van der Waals surface area contributed by atoms with Crippen LogP contribution in [-0.4, -0.2) is 37.3 Å². The van der Waals surface area contributed by atoms with Crippen molar-refractivity contribution in [1.82, 2.24) is 10.2 Å². The lowest BCUT2D eigenvalue weighted by molar-refractivity contribution is 0.233. The van der Waals surface area contributed by atoms with E-state index in [-0.39, 0.29) is 24.8 Å². The van der Waals surface area contributed by atoms with Gasteiger partial charge in [0.1, 0.15) is 0 Å². The highest BCUT2D eigenvalue weighted by molar-refractivity contribution is 7.98. The van der Waals surface area contributed by atoms with E-state index in [4.69, 9.17) is 0 Å². The molecule has 1 N–H and O–H groups in total. The molecule has 0 bridgehead atoms. The van der Waals surface area contributed by atoms with Crippen molar-refractivity contribution in [3.63, 3.8) is 0 Å². The maximum Gasteiger partial charge on any atom is 0.0234 e. The molecule has 5 heteroatoms. The minimum Gasteiger partial charge on any atom is -0.314 e. The van der Waals surface area contributed by atoms with E-state index in [0.29, 0.717) is 0 Å². The predicted molar refractivity (Wildman–Crippen MR) is 80.9 cm³/mol. The Morgan fingerprint density at radius 2 is 1.71 bits per heavy atom. The van der Waals surface area contributed by atoms with E-state index in [1.165, 1.54) is 23.5 Å². The average Bonchev–Trinajstić information content (AvgIpc) is 2.31. The zero-order valence-electron chi connectivity index (χ0n) is 10.0. The number of rotatable bonds is 3. The molecule has 0 spiro atoms. The first-order chi connectivity index (χ1) is 7.38. The molecule has 98 valence electrons. The molecule has 0 radical (unpaired) electrons. The smallest absolute Gasteiger partial charge is 0.0234 e. The molecule has 0 saturated carbocycles. The summed E-state index contributed by atoms with van der Waals surface area (Å²) >= 11 is 1.80. The number of nitrogens with one attached hydrogen (secondary N) is 1. The van der Waals surface area contributed by atoms with E-state index in [9.17, 15) is 0 Å². The topological polar surface area (TPSA) is 15.3 Å². The Morgan fingerprint density at radius 1 is 1.12 bits per heavy atom. The number of hydrogen-bond acceptors (Lipinski definition) is 3. The second-order valence-corrected chi connectivity index (χ2v) is 4.75. The summed E-state index contributed by atoms with van der Waals surface area (Å²) in [4.78, 5) is 3.85. The van der Waals surface area contributed by atoms with Crippen molar-refractivity contribution >= 4 is 36.6 Å². The molecule has 0 unspecified atom stereocenters. The molecule has 1 aliphatic heterocycles. The number of halogens is 2. The van der Waals surface area contributed by atoms with Crippen molar-refractivity contribution < 1.29 is 0 Å². The molecule has 17 heavy (non-hydrogen) atoms. The van der Waals surface area contributed by atoms with Crippen LogP contribution in [0.3, 0.4) is 0 Å². The molecule has 2 nitrogen and oxygen atoms in total. The van der Waals surface area contributed by atoms with Gasteiger partial charge in [0.15, 0.2) is 0 Å². The van der Waals surface area contributed by atoms with E-state index in [2.05, 4.69) is 40.7 Å². The molecule has 0 aromatic heterocycles. The summed E-state index contributed by atoms with van der Waals surface area (Å²) in [6, 6.07) is 8.91. The van der Waals surface area contributed by atoms with Gasteiger partial charge in [-0.2, -0.15) is 0 Å². The average molecular weight is 295 g/mol. The van der Waals surface area contributed by atoms with E-state index in [0.717, 1.165) is 19.6 Å².